The number of nitrogens with one attached hydrogen (secondary N) is 1. The van der Waals surface area contributed by atoms with E-state index >= 15 is 0 Å². The van der Waals surface area contributed by atoms with Gasteiger partial charge in [-0.15, -0.1) is 0 Å². The number of hydrogen-bond acceptors (Lipinski definition) is 2. The minimum atomic E-state index is 0.112. The number of hydrogen-bond donors (Lipinski definition) is 1. The van der Waals surface area contributed by atoms with Crippen molar-refractivity contribution in [3.63, 3.8) is 0 Å². The van der Waals surface area contributed by atoms with E-state index in [4.69, 9.17) is 4.74 Å². The zero-order valence-corrected chi connectivity index (χ0v) is 11.6. The van der Waals surface area contributed by atoms with Gasteiger partial charge in [0.05, 0.1) is 6.61 Å². The first-order valence-corrected chi connectivity index (χ1v) is 7.20. The summed E-state index contributed by atoms with van der Waals surface area (Å²) in [4.78, 5) is 11.9. The Morgan fingerprint density at radius 1 is 1.37 bits per heavy atom. The van der Waals surface area contributed by atoms with Crippen LogP contribution in [0.3, 0.4) is 0 Å². The fourth-order valence-corrected chi connectivity index (χ4v) is 2.29. The molecule has 104 valence electrons. The minimum absolute atomic E-state index is 0.112. The zero-order valence-electron chi connectivity index (χ0n) is 11.6. The average molecular weight is 261 g/mol. The third-order valence-electron chi connectivity index (χ3n) is 3.51. The molecular weight excluding hydrogens is 238 g/mol. The van der Waals surface area contributed by atoms with Crippen LogP contribution in [-0.4, -0.2) is 25.2 Å². The molecule has 2 rings (SSSR count). The molecule has 0 aromatic heterocycles. The molecule has 0 aliphatic heterocycles. The molecule has 1 unspecified atom stereocenters. The summed E-state index contributed by atoms with van der Waals surface area (Å²) in [5, 5.41) is 3.17. The van der Waals surface area contributed by atoms with Crippen molar-refractivity contribution in [2.75, 3.05) is 13.2 Å². The highest BCUT2D eigenvalue weighted by molar-refractivity contribution is 5.76. The molecule has 0 spiro atoms. The maximum absolute atomic E-state index is 11.9. The molecule has 1 aliphatic rings. The van der Waals surface area contributed by atoms with E-state index in [1.54, 1.807) is 0 Å². The van der Waals surface area contributed by atoms with Crippen LogP contribution in [0.15, 0.2) is 30.3 Å². The molecule has 1 aliphatic carbocycles. The molecule has 1 N–H and O–H groups in total. The first-order valence-electron chi connectivity index (χ1n) is 7.20. The van der Waals surface area contributed by atoms with Gasteiger partial charge in [0.25, 0.3) is 0 Å². The van der Waals surface area contributed by atoms with Crippen LogP contribution < -0.4 is 5.32 Å². The molecule has 1 fully saturated rings. The zero-order chi connectivity index (χ0) is 13.5. The van der Waals surface area contributed by atoms with E-state index in [9.17, 15) is 4.79 Å². The second-order valence-electron chi connectivity index (χ2n) is 5.15. The van der Waals surface area contributed by atoms with Crippen molar-refractivity contribution in [2.45, 2.75) is 38.6 Å². The Morgan fingerprint density at radius 2 is 2.11 bits per heavy atom. The number of carbonyl (C=O) groups excluding carboxylic acids is 1. The molecule has 0 radical (unpaired) electrons. The van der Waals surface area contributed by atoms with Crippen molar-refractivity contribution in [1.29, 1.82) is 0 Å². The molecule has 1 amide bonds. The van der Waals surface area contributed by atoms with E-state index in [2.05, 4.69) is 29.6 Å². The second kappa shape index (κ2) is 7.29. The van der Waals surface area contributed by atoms with Crippen molar-refractivity contribution < 1.29 is 9.53 Å². The Kier molecular flexibility index (Phi) is 5.40. The Bertz CT molecular complexity index is 387. The van der Waals surface area contributed by atoms with Gasteiger partial charge in [0.1, 0.15) is 0 Å². The molecule has 19 heavy (non-hydrogen) atoms. The molecule has 1 atom stereocenters. The van der Waals surface area contributed by atoms with Gasteiger partial charge in [0, 0.05) is 19.1 Å². The van der Waals surface area contributed by atoms with E-state index < -0.39 is 0 Å². The lowest BCUT2D eigenvalue weighted by molar-refractivity contribution is -0.123. The van der Waals surface area contributed by atoms with Crippen LogP contribution in [0.25, 0.3) is 0 Å². The SMILES string of the molecule is CCOCCC(=O)NC(Cc1ccccc1)C1CC1. The normalized spacial score (nSPS) is 16.1. The van der Waals surface area contributed by atoms with Crippen LogP contribution in [0.4, 0.5) is 0 Å². The standard InChI is InChI=1S/C16H23NO2/c1-2-19-11-10-16(18)17-15(14-8-9-14)12-13-6-4-3-5-7-13/h3-7,14-15H,2,8-12H2,1H3,(H,17,18). The molecule has 0 heterocycles. The Morgan fingerprint density at radius 3 is 2.74 bits per heavy atom. The lowest BCUT2D eigenvalue weighted by Gasteiger charge is -2.18. The van der Waals surface area contributed by atoms with E-state index in [0.29, 0.717) is 25.6 Å². The summed E-state index contributed by atoms with van der Waals surface area (Å²) >= 11 is 0. The predicted octanol–water partition coefficient (Wildman–Crippen LogP) is 2.55. The minimum Gasteiger partial charge on any atom is -0.381 e. The number of ether oxygens (including phenoxy) is 1. The molecule has 1 aromatic carbocycles. The lowest BCUT2D eigenvalue weighted by Crippen LogP contribution is -2.38. The molecule has 3 nitrogen and oxygen atoms in total. The van der Waals surface area contributed by atoms with Gasteiger partial charge in [-0.3, -0.25) is 4.79 Å². The van der Waals surface area contributed by atoms with Crippen LogP contribution in [0, 0.1) is 5.92 Å². The summed E-state index contributed by atoms with van der Waals surface area (Å²) in [5.74, 6) is 0.775. The second-order valence-corrected chi connectivity index (χ2v) is 5.15. The highest BCUT2D eigenvalue weighted by atomic mass is 16.5. The van der Waals surface area contributed by atoms with Gasteiger partial charge in [0.2, 0.25) is 5.91 Å². The first kappa shape index (κ1) is 14.1. The Labute approximate surface area is 115 Å². The van der Waals surface area contributed by atoms with E-state index in [-0.39, 0.29) is 11.9 Å². The smallest absolute Gasteiger partial charge is 0.222 e. The van der Waals surface area contributed by atoms with Crippen LogP contribution in [0.1, 0.15) is 31.7 Å². The number of carbonyl (C=O) groups is 1. The van der Waals surface area contributed by atoms with Gasteiger partial charge in [-0.25, -0.2) is 0 Å². The predicted molar refractivity (Wildman–Crippen MR) is 75.9 cm³/mol. The topological polar surface area (TPSA) is 38.3 Å². The quantitative estimate of drug-likeness (QED) is 0.730. The van der Waals surface area contributed by atoms with Gasteiger partial charge >= 0.3 is 0 Å². The largest absolute Gasteiger partial charge is 0.381 e. The molecule has 3 heteroatoms. The summed E-state index contributed by atoms with van der Waals surface area (Å²) in [5.41, 5.74) is 1.30. The Balaban J connectivity index is 1.81. The number of benzene rings is 1. The number of rotatable bonds is 8. The van der Waals surface area contributed by atoms with Crippen molar-refractivity contribution in [3.05, 3.63) is 35.9 Å². The van der Waals surface area contributed by atoms with Crippen molar-refractivity contribution >= 4 is 5.91 Å². The maximum Gasteiger partial charge on any atom is 0.222 e. The van der Waals surface area contributed by atoms with Gasteiger partial charge in [-0.05, 0) is 37.7 Å². The van der Waals surface area contributed by atoms with Crippen LogP contribution in [0.5, 0.6) is 0 Å². The van der Waals surface area contributed by atoms with E-state index in [1.807, 2.05) is 13.0 Å². The van der Waals surface area contributed by atoms with Gasteiger partial charge in [0.15, 0.2) is 0 Å². The molecule has 1 saturated carbocycles. The molecular formula is C16H23NO2. The van der Waals surface area contributed by atoms with Gasteiger partial charge < -0.3 is 10.1 Å². The van der Waals surface area contributed by atoms with Crippen LogP contribution >= 0.6 is 0 Å². The lowest BCUT2D eigenvalue weighted by atomic mass is 10.0. The van der Waals surface area contributed by atoms with Crippen LogP contribution in [0.2, 0.25) is 0 Å². The number of amides is 1. The summed E-state index contributed by atoms with van der Waals surface area (Å²) in [7, 11) is 0. The summed E-state index contributed by atoms with van der Waals surface area (Å²) in [6.07, 6.45) is 3.88. The summed E-state index contributed by atoms with van der Waals surface area (Å²) in [6.45, 7) is 3.13. The highest BCUT2D eigenvalue weighted by Gasteiger charge is 2.32. The van der Waals surface area contributed by atoms with Gasteiger partial charge in [-0.1, -0.05) is 30.3 Å². The van der Waals surface area contributed by atoms with Gasteiger partial charge in [-0.2, -0.15) is 0 Å². The van der Waals surface area contributed by atoms with Crippen molar-refractivity contribution in [1.82, 2.24) is 5.32 Å². The van der Waals surface area contributed by atoms with Crippen molar-refractivity contribution in [3.8, 4) is 0 Å². The fraction of sp³-hybridized carbons (Fsp3) is 0.562. The first-order chi connectivity index (χ1) is 9.29. The molecule has 0 bridgehead atoms. The third-order valence-corrected chi connectivity index (χ3v) is 3.51. The highest BCUT2D eigenvalue weighted by Crippen LogP contribution is 2.34. The summed E-state index contributed by atoms with van der Waals surface area (Å²) in [6, 6.07) is 10.7. The fourth-order valence-electron chi connectivity index (χ4n) is 2.29. The molecule has 0 saturated heterocycles. The van der Waals surface area contributed by atoms with E-state index in [0.717, 1.165) is 6.42 Å². The summed E-state index contributed by atoms with van der Waals surface area (Å²) < 4.78 is 5.22. The van der Waals surface area contributed by atoms with Crippen LogP contribution in [-0.2, 0) is 16.0 Å². The Hall–Kier alpha value is -1.35. The molecule has 1 aromatic rings. The van der Waals surface area contributed by atoms with E-state index in [1.165, 1.54) is 18.4 Å². The third kappa shape index (κ3) is 5.03. The average Bonchev–Trinajstić information content (AvgIpc) is 3.24. The van der Waals surface area contributed by atoms with Crippen molar-refractivity contribution in [2.24, 2.45) is 5.92 Å². The monoisotopic (exact) mass is 261 g/mol. The maximum atomic E-state index is 11.9.